The molecule has 6 rings (SSSR count). The van der Waals surface area contributed by atoms with Gasteiger partial charge < -0.3 is 19.4 Å². The van der Waals surface area contributed by atoms with Gasteiger partial charge in [0.1, 0.15) is 22.1 Å². The van der Waals surface area contributed by atoms with Crippen molar-refractivity contribution in [3.63, 3.8) is 0 Å². The summed E-state index contributed by atoms with van der Waals surface area (Å²) in [5.74, 6) is 1.64. The quantitative estimate of drug-likeness (QED) is 0.222. The molecule has 0 spiro atoms. The Labute approximate surface area is 232 Å². The van der Waals surface area contributed by atoms with Crippen LogP contribution in [0.15, 0.2) is 79.0 Å². The number of methoxy groups -OCH3 is 2. The predicted octanol–water partition coefficient (Wildman–Crippen LogP) is 7.87. The van der Waals surface area contributed by atoms with E-state index in [-0.39, 0.29) is 0 Å². The molecule has 0 atom stereocenters. The van der Waals surface area contributed by atoms with Gasteiger partial charge in [0.15, 0.2) is 0 Å². The zero-order valence-corrected chi connectivity index (χ0v) is 22.9. The Morgan fingerprint density at radius 2 is 1.47 bits per heavy atom. The third-order valence-corrected chi connectivity index (χ3v) is 7.76. The van der Waals surface area contributed by atoms with Gasteiger partial charge in [-0.1, -0.05) is 48.1 Å². The van der Waals surface area contributed by atoms with E-state index in [2.05, 4.69) is 44.7 Å². The molecule has 0 unspecified atom stereocenters. The molecule has 0 bridgehead atoms. The molecule has 0 saturated heterocycles. The maximum atomic E-state index is 6.21. The fourth-order valence-electron chi connectivity index (χ4n) is 5.39. The number of rotatable bonds is 6. The molecule has 0 aliphatic carbocycles. The average molecular weight is 542 g/mol. The normalized spacial score (nSPS) is 12.8. The highest BCUT2D eigenvalue weighted by Crippen LogP contribution is 2.40. The first-order valence-electron chi connectivity index (χ1n) is 12.7. The van der Waals surface area contributed by atoms with Crippen LogP contribution in [0.25, 0.3) is 28.0 Å². The molecule has 0 radical (unpaired) electrons. The van der Waals surface area contributed by atoms with E-state index in [1.54, 1.807) is 14.2 Å². The number of benzene rings is 3. The van der Waals surface area contributed by atoms with Crippen LogP contribution >= 0.6 is 23.8 Å². The van der Waals surface area contributed by atoms with E-state index in [0.29, 0.717) is 4.99 Å². The lowest BCUT2D eigenvalue weighted by Gasteiger charge is -2.13. The molecule has 1 N–H and O–H groups in total. The van der Waals surface area contributed by atoms with Crippen molar-refractivity contribution < 1.29 is 9.47 Å². The molecule has 2 aromatic heterocycles. The highest BCUT2D eigenvalue weighted by Gasteiger charge is 2.28. The highest BCUT2D eigenvalue weighted by molar-refractivity contribution is 7.81. The summed E-state index contributed by atoms with van der Waals surface area (Å²) in [6, 6.07) is 24.2. The molecular formula is C31H28ClN3O2S. The number of aromatic nitrogens is 2. The predicted molar refractivity (Wildman–Crippen MR) is 159 cm³/mol. The van der Waals surface area contributed by atoms with Gasteiger partial charge in [0.05, 0.1) is 25.6 Å². The van der Waals surface area contributed by atoms with Crippen molar-refractivity contribution >= 4 is 40.1 Å². The lowest BCUT2D eigenvalue weighted by Crippen LogP contribution is -2.14. The van der Waals surface area contributed by atoms with E-state index in [1.807, 2.05) is 48.5 Å². The molecule has 0 fully saturated rings. The number of nitrogens with zero attached hydrogens (tertiary/aromatic N) is 2. The minimum absolute atomic E-state index is 0.669. The van der Waals surface area contributed by atoms with Crippen molar-refractivity contribution in [2.75, 3.05) is 19.5 Å². The number of thiocarbonyl (C=S) groups is 1. The third-order valence-electron chi connectivity index (χ3n) is 7.22. The van der Waals surface area contributed by atoms with E-state index >= 15 is 0 Å². The minimum atomic E-state index is 0.669. The summed E-state index contributed by atoms with van der Waals surface area (Å²) >= 11 is 12.3. The summed E-state index contributed by atoms with van der Waals surface area (Å²) in [6.45, 7) is 0.950. The number of nitrogens with one attached hydrogen (secondary N) is 1. The number of hydrogen-bond acceptors (Lipinski definition) is 3. The van der Waals surface area contributed by atoms with Gasteiger partial charge in [-0.15, -0.1) is 0 Å². The number of aryl methyl sites for hydroxylation is 2. The van der Waals surface area contributed by atoms with Crippen molar-refractivity contribution in [3.05, 3.63) is 95.3 Å². The molecule has 0 saturated carbocycles. The van der Waals surface area contributed by atoms with Crippen LogP contribution in [-0.4, -0.2) is 28.2 Å². The number of halogens is 1. The molecule has 3 heterocycles. The van der Waals surface area contributed by atoms with Crippen LogP contribution in [0.3, 0.4) is 0 Å². The second-order valence-electron chi connectivity index (χ2n) is 9.44. The van der Waals surface area contributed by atoms with E-state index in [9.17, 15) is 0 Å². The van der Waals surface area contributed by atoms with Crippen molar-refractivity contribution in [1.82, 2.24) is 8.97 Å². The Hall–Kier alpha value is -3.74. The van der Waals surface area contributed by atoms with E-state index in [1.165, 1.54) is 16.8 Å². The van der Waals surface area contributed by atoms with Crippen LogP contribution in [0.1, 0.15) is 24.1 Å². The monoisotopic (exact) mass is 541 g/mol. The molecule has 38 heavy (non-hydrogen) atoms. The summed E-state index contributed by atoms with van der Waals surface area (Å²) < 4.78 is 15.5. The molecule has 3 aromatic carbocycles. The van der Waals surface area contributed by atoms with E-state index < -0.39 is 0 Å². The standard InChI is InChI=1S/C31H28ClN3O2S/c1-36-24-14-8-21(9-15-24)28-26-5-3-4-18-34-27(20-6-10-22(32)11-7-20)19-35(31(26)34)29(28)30(38)33-23-12-16-25(37-2)17-13-23/h6-17,19H,3-5,18H2,1-2H3,(H,33,38). The van der Waals surface area contributed by atoms with Gasteiger partial charge in [0, 0.05) is 34.6 Å². The molecule has 0 amide bonds. The third kappa shape index (κ3) is 4.34. The second kappa shape index (κ2) is 10.2. The number of imidazole rings is 1. The van der Waals surface area contributed by atoms with Crippen molar-refractivity contribution in [3.8, 4) is 33.9 Å². The zero-order chi connectivity index (χ0) is 26.2. The van der Waals surface area contributed by atoms with Crippen LogP contribution < -0.4 is 14.8 Å². The van der Waals surface area contributed by atoms with Crippen LogP contribution in [-0.2, 0) is 13.0 Å². The summed E-state index contributed by atoms with van der Waals surface area (Å²) in [5.41, 5.74) is 9.02. The average Bonchev–Trinajstić information content (AvgIpc) is 3.37. The largest absolute Gasteiger partial charge is 0.497 e. The van der Waals surface area contributed by atoms with Crippen LogP contribution in [0.2, 0.25) is 5.02 Å². The van der Waals surface area contributed by atoms with Gasteiger partial charge in [0.2, 0.25) is 0 Å². The van der Waals surface area contributed by atoms with Crippen LogP contribution in [0.5, 0.6) is 11.5 Å². The van der Waals surface area contributed by atoms with E-state index in [4.69, 9.17) is 33.3 Å². The lowest BCUT2D eigenvalue weighted by atomic mass is 9.98. The molecule has 1 aliphatic heterocycles. The zero-order valence-electron chi connectivity index (χ0n) is 21.3. The Balaban J connectivity index is 1.56. The molecule has 5 nitrogen and oxygen atoms in total. The van der Waals surface area contributed by atoms with Gasteiger partial charge in [-0.25, -0.2) is 0 Å². The topological polar surface area (TPSA) is 39.8 Å². The van der Waals surface area contributed by atoms with Gasteiger partial charge >= 0.3 is 0 Å². The first kappa shape index (κ1) is 24.6. The van der Waals surface area contributed by atoms with Gasteiger partial charge in [-0.3, -0.25) is 4.40 Å². The number of anilines is 1. The lowest BCUT2D eigenvalue weighted by molar-refractivity contribution is 0.415. The first-order valence-corrected chi connectivity index (χ1v) is 13.5. The SMILES string of the molecule is COc1ccc(NC(=S)c2c(-c3ccc(OC)cc3)c3c4n(c(-c5ccc(Cl)cc5)cn24)CCCC3)cc1. The fourth-order valence-corrected chi connectivity index (χ4v) is 5.84. The molecule has 5 aromatic rings. The van der Waals surface area contributed by atoms with Crippen LogP contribution in [0, 0.1) is 0 Å². The Morgan fingerprint density at radius 3 is 2.13 bits per heavy atom. The Bertz CT molecular complexity index is 1620. The van der Waals surface area contributed by atoms with Gasteiger partial charge in [-0.05, 0) is 78.9 Å². The smallest absolute Gasteiger partial charge is 0.128 e. The molecule has 1 aliphatic rings. The maximum absolute atomic E-state index is 6.21. The Kier molecular flexibility index (Phi) is 6.60. The van der Waals surface area contributed by atoms with Gasteiger partial charge in [-0.2, -0.15) is 0 Å². The fraction of sp³-hybridized carbons (Fsp3) is 0.194. The Morgan fingerprint density at radius 1 is 0.842 bits per heavy atom. The minimum Gasteiger partial charge on any atom is -0.497 e. The first-order chi connectivity index (χ1) is 18.6. The van der Waals surface area contributed by atoms with E-state index in [0.717, 1.165) is 70.5 Å². The molecule has 7 heteroatoms. The van der Waals surface area contributed by atoms with Crippen molar-refractivity contribution in [1.29, 1.82) is 0 Å². The number of hydrogen-bond donors (Lipinski definition) is 1. The summed E-state index contributed by atoms with van der Waals surface area (Å²) in [5, 5.41) is 4.22. The van der Waals surface area contributed by atoms with Gasteiger partial charge in [0.25, 0.3) is 0 Å². The summed E-state index contributed by atoms with van der Waals surface area (Å²) in [7, 11) is 3.36. The summed E-state index contributed by atoms with van der Waals surface area (Å²) in [6.07, 6.45) is 5.44. The second-order valence-corrected chi connectivity index (χ2v) is 10.3. The van der Waals surface area contributed by atoms with Crippen LogP contribution in [0.4, 0.5) is 5.69 Å². The summed E-state index contributed by atoms with van der Waals surface area (Å²) in [4.78, 5) is 0.669. The van der Waals surface area contributed by atoms with Crippen molar-refractivity contribution in [2.24, 2.45) is 0 Å². The molecule has 192 valence electrons. The maximum Gasteiger partial charge on any atom is 0.128 e. The molecular weight excluding hydrogens is 514 g/mol. The highest BCUT2D eigenvalue weighted by atomic mass is 35.5. The van der Waals surface area contributed by atoms with Crippen molar-refractivity contribution in [2.45, 2.75) is 25.8 Å². The number of ether oxygens (including phenoxy) is 2.